The first-order chi connectivity index (χ1) is 14.6. The van der Waals surface area contributed by atoms with Crippen LogP contribution in [0.15, 0.2) is 59.7 Å². The number of anilines is 2. The zero-order valence-electron chi connectivity index (χ0n) is 16.8. The van der Waals surface area contributed by atoms with Gasteiger partial charge in [0.1, 0.15) is 6.54 Å². The number of amides is 1. The van der Waals surface area contributed by atoms with Crippen molar-refractivity contribution in [3.63, 3.8) is 0 Å². The Bertz CT molecular complexity index is 1310. The Hall–Kier alpha value is -3.61. The summed E-state index contributed by atoms with van der Waals surface area (Å²) in [7, 11) is 1.91. The molecule has 7 nitrogen and oxygen atoms in total. The first kappa shape index (κ1) is 18.4. The van der Waals surface area contributed by atoms with Gasteiger partial charge >= 0.3 is 0 Å². The van der Waals surface area contributed by atoms with Gasteiger partial charge in [0.05, 0.1) is 22.8 Å². The highest BCUT2D eigenvalue weighted by Gasteiger charge is 2.19. The Morgan fingerprint density at radius 2 is 1.93 bits per heavy atom. The van der Waals surface area contributed by atoms with Crippen LogP contribution < -0.4 is 10.9 Å². The molecule has 1 fully saturated rings. The molecule has 1 saturated heterocycles. The van der Waals surface area contributed by atoms with Crippen LogP contribution >= 0.6 is 0 Å². The van der Waals surface area contributed by atoms with E-state index in [-0.39, 0.29) is 18.0 Å². The van der Waals surface area contributed by atoms with Crippen LogP contribution in [0.4, 0.5) is 11.4 Å². The van der Waals surface area contributed by atoms with Crippen molar-refractivity contribution in [3.8, 4) is 0 Å². The van der Waals surface area contributed by atoms with Crippen molar-refractivity contribution in [1.82, 2.24) is 19.2 Å². The molecule has 2 aromatic carbocycles. The number of pyridine rings is 1. The zero-order valence-corrected chi connectivity index (χ0v) is 16.8. The van der Waals surface area contributed by atoms with Crippen molar-refractivity contribution in [2.45, 2.75) is 19.4 Å². The predicted molar refractivity (Wildman–Crippen MR) is 118 cm³/mol. The molecule has 1 aliphatic rings. The van der Waals surface area contributed by atoms with Crippen molar-refractivity contribution in [3.05, 3.63) is 65.2 Å². The molecular formula is C23H23N5O2. The third-order valence-corrected chi connectivity index (χ3v) is 5.80. The van der Waals surface area contributed by atoms with Crippen molar-refractivity contribution in [1.29, 1.82) is 0 Å². The van der Waals surface area contributed by atoms with Gasteiger partial charge in [-0.2, -0.15) is 5.10 Å². The number of aromatic nitrogens is 3. The van der Waals surface area contributed by atoms with Crippen LogP contribution in [0, 0.1) is 0 Å². The summed E-state index contributed by atoms with van der Waals surface area (Å²) in [5.41, 5.74) is 2.49. The van der Waals surface area contributed by atoms with E-state index >= 15 is 0 Å². The van der Waals surface area contributed by atoms with E-state index < -0.39 is 0 Å². The summed E-state index contributed by atoms with van der Waals surface area (Å²) in [6, 6.07) is 13.6. The zero-order chi connectivity index (χ0) is 20.7. The molecule has 7 heteroatoms. The quantitative estimate of drug-likeness (QED) is 0.570. The van der Waals surface area contributed by atoms with Gasteiger partial charge in [-0.05, 0) is 48.6 Å². The lowest BCUT2D eigenvalue weighted by molar-refractivity contribution is -0.130. The fourth-order valence-corrected chi connectivity index (χ4v) is 4.17. The molecule has 4 aromatic rings. The third kappa shape index (κ3) is 3.22. The van der Waals surface area contributed by atoms with E-state index in [0.717, 1.165) is 53.6 Å². The summed E-state index contributed by atoms with van der Waals surface area (Å²) in [6.07, 6.45) is 5.60. The average molecular weight is 401 g/mol. The molecule has 1 amide bonds. The summed E-state index contributed by atoms with van der Waals surface area (Å²) in [6.45, 7) is 1.64. The average Bonchev–Trinajstić information content (AvgIpc) is 3.41. The Labute approximate surface area is 173 Å². The fourth-order valence-electron chi connectivity index (χ4n) is 4.17. The van der Waals surface area contributed by atoms with Crippen LogP contribution in [0.25, 0.3) is 21.7 Å². The van der Waals surface area contributed by atoms with E-state index in [9.17, 15) is 9.59 Å². The van der Waals surface area contributed by atoms with E-state index in [1.165, 1.54) is 4.57 Å². The summed E-state index contributed by atoms with van der Waals surface area (Å²) >= 11 is 0. The molecule has 1 N–H and O–H groups in total. The van der Waals surface area contributed by atoms with Gasteiger partial charge < -0.3 is 14.8 Å². The maximum absolute atomic E-state index is 13.2. The first-order valence-electron chi connectivity index (χ1n) is 10.2. The molecule has 0 unspecified atom stereocenters. The lowest BCUT2D eigenvalue weighted by atomic mass is 10.1. The first-order valence-corrected chi connectivity index (χ1v) is 10.2. The largest absolute Gasteiger partial charge is 0.355 e. The number of likely N-dealkylation sites (tertiary alicyclic amines) is 1. The SMILES string of the molecule is Cn1ncc2cc(Nc3cccc4ccn(CC(=O)N5CCCC5)c(=O)c34)ccc21. The number of nitrogens with one attached hydrogen (secondary N) is 1. The van der Waals surface area contributed by atoms with Gasteiger partial charge in [0.25, 0.3) is 5.56 Å². The number of nitrogens with zero attached hydrogens (tertiary/aromatic N) is 4. The second kappa shape index (κ2) is 7.33. The molecule has 0 bridgehead atoms. The molecule has 0 saturated carbocycles. The van der Waals surface area contributed by atoms with E-state index in [0.29, 0.717) is 5.39 Å². The molecule has 0 radical (unpaired) electrons. The number of hydrogen-bond acceptors (Lipinski definition) is 4. The van der Waals surface area contributed by atoms with Gasteiger partial charge in [0.15, 0.2) is 0 Å². The van der Waals surface area contributed by atoms with Gasteiger partial charge in [-0.25, -0.2) is 0 Å². The highest BCUT2D eigenvalue weighted by Crippen LogP contribution is 2.26. The molecule has 5 rings (SSSR count). The van der Waals surface area contributed by atoms with Crippen LogP contribution in [0.3, 0.4) is 0 Å². The minimum atomic E-state index is -0.161. The van der Waals surface area contributed by atoms with Crippen molar-refractivity contribution in [2.75, 3.05) is 18.4 Å². The molecule has 3 heterocycles. The molecule has 1 aliphatic heterocycles. The molecular weight excluding hydrogens is 378 g/mol. The number of aryl methyl sites for hydroxylation is 1. The standard InChI is InChI=1S/C23H23N5O2/c1-26-20-8-7-18(13-17(20)14-24-26)25-19-6-4-5-16-9-12-28(23(30)22(16)19)15-21(29)27-10-2-3-11-27/h4-9,12-14,25H,2-3,10-11,15H2,1H3. The van der Waals surface area contributed by atoms with Gasteiger partial charge in [-0.15, -0.1) is 0 Å². The Morgan fingerprint density at radius 1 is 1.10 bits per heavy atom. The van der Waals surface area contributed by atoms with Crippen molar-refractivity contribution in [2.24, 2.45) is 7.05 Å². The molecule has 0 atom stereocenters. The van der Waals surface area contributed by atoms with Crippen LogP contribution in [0.2, 0.25) is 0 Å². The van der Waals surface area contributed by atoms with Crippen LogP contribution in [-0.4, -0.2) is 38.2 Å². The number of rotatable bonds is 4. The van der Waals surface area contributed by atoms with E-state index in [1.807, 2.05) is 65.3 Å². The Balaban J connectivity index is 1.51. The minimum absolute atomic E-state index is 0.00131. The van der Waals surface area contributed by atoms with Crippen LogP contribution in [-0.2, 0) is 18.4 Å². The predicted octanol–water partition coefficient (Wildman–Crippen LogP) is 3.25. The highest BCUT2D eigenvalue weighted by atomic mass is 16.2. The van der Waals surface area contributed by atoms with Gasteiger partial charge in [-0.1, -0.05) is 12.1 Å². The number of benzene rings is 2. The number of hydrogen-bond donors (Lipinski definition) is 1. The molecule has 152 valence electrons. The maximum atomic E-state index is 13.2. The molecule has 0 aliphatic carbocycles. The molecule has 0 spiro atoms. The summed E-state index contributed by atoms with van der Waals surface area (Å²) < 4.78 is 3.34. The fraction of sp³-hybridized carbons (Fsp3) is 0.261. The van der Waals surface area contributed by atoms with E-state index in [2.05, 4.69) is 10.4 Å². The molecule has 2 aromatic heterocycles. The summed E-state index contributed by atoms with van der Waals surface area (Å²) in [5, 5.41) is 10.1. The number of carbonyl (C=O) groups excluding carboxylic acids is 1. The second-order valence-electron chi connectivity index (χ2n) is 7.77. The smallest absolute Gasteiger partial charge is 0.261 e. The van der Waals surface area contributed by atoms with Crippen molar-refractivity contribution < 1.29 is 4.79 Å². The van der Waals surface area contributed by atoms with Gasteiger partial charge in [-0.3, -0.25) is 14.3 Å². The third-order valence-electron chi connectivity index (χ3n) is 5.80. The Morgan fingerprint density at radius 3 is 2.77 bits per heavy atom. The number of carbonyl (C=O) groups is 1. The highest BCUT2D eigenvalue weighted by molar-refractivity contribution is 5.95. The van der Waals surface area contributed by atoms with Gasteiger partial charge in [0.2, 0.25) is 5.91 Å². The lowest BCUT2D eigenvalue weighted by Crippen LogP contribution is -2.34. The maximum Gasteiger partial charge on any atom is 0.261 e. The van der Waals surface area contributed by atoms with E-state index in [4.69, 9.17) is 0 Å². The van der Waals surface area contributed by atoms with Crippen LogP contribution in [0.5, 0.6) is 0 Å². The Kier molecular flexibility index (Phi) is 4.50. The second-order valence-corrected chi connectivity index (χ2v) is 7.77. The summed E-state index contributed by atoms with van der Waals surface area (Å²) in [4.78, 5) is 27.6. The van der Waals surface area contributed by atoms with Crippen molar-refractivity contribution >= 4 is 39.0 Å². The van der Waals surface area contributed by atoms with Crippen LogP contribution in [0.1, 0.15) is 12.8 Å². The van der Waals surface area contributed by atoms with Gasteiger partial charge in [0, 0.05) is 37.4 Å². The monoisotopic (exact) mass is 401 g/mol. The minimum Gasteiger partial charge on any atom is -0.355 e. The molecule has 30 heavy (non-hydrogen) atoms. The lowest BCUT2D eigenvalue weighted by Gasteiger charge is -2.17. The number of fused-ring (bicyclic) bond motifs is 2. The normalized spacial score (nSPS) is 14.0. The topological polar surface area (TPSA) is 72.2 Å². The van der Waals surface area contributed by atoms with E-state index in [1.54, 1.807) is 6.20 Å². The summed E-state index contributed by atoms with van der Waals surface area (Å²) in [5.74, 6) is 0.00131.